The van der Waals surface area contributed by atoms with E-state index in [1.165, 1.54) is 0 Å². The highest BCUT2D eigenvalue weighted by Crippen LogP contribution is 2.46. The minimum Gasteiger partial charge on any atom is -0.322 e. The van der Waals surface area contributed by atoms with E-state index in [4.69, 9.17) is 4.52 Å². The molecule has 0 aromatic carbocycles. The van der Waals surface area contributed by atoms with Crippen LogP contribution in [0.5, 0.6) is 0 Å². The van der Waals surface area contributed by atoms with Gasteiger partial charge >= 0.3 is 0 Å². The summed E-state index contributed by atoms with van der Waals surface area (Å²) in [4.78, 5) is 4.10. The van der Waals surface area contributed by atoms with Gasteiger partial charge in [-0.2, -0.15) is 0 Å². The van der Waals surface area contributed by atoms with Gasteiger partial charge in [-0.1, -0.05) is 19.9 Å². The maximum Gasteiger partial charge on any atom is 0.202 e. The molecule has 0 aliphatic carbocycles. The molecule has 78 valence electrons. The van der Waals surface area contributed by atoms with Crippen molar-refractivity contribution in [3.63, 3.8) is 0 Å². The lowest BCUT2D eigenvalue weighted by atomic mass is 10.4. The number of aromatic nitrogens is 1. The quantitative estimate of drug-likeness (QED) is 0.706. The van der Waals surface area contributed by atoms with Gasteiger partial charge in [-0.25, -0.2) is 0 Å². The summed E-state index contributed by atoms with van der Waals surface area (Å²) in [5.41, 5.74) is 0.828. The first-order chi connectivity index (χ1) is 6.70. The molecular weight excluding hydrogens is 197 g/mol. The molecule has 0 amide bonds. The molecule has 0 atom stereocenters. The molecule has 0 N–H and O–H groups in total. The molecule has 0 spiro atoms. The molecule has 0 radical (unpaired) electrons. The summed E-state index contributed by atoms with van der Waals surface area (Å²) >= 11 is 0. The molecule has 0 aliphatic heterocycles. The fourth-order valence-electron chi connectivity index (χ4n) is 1.07. The minimum absolute atomic E-state index is 0.347. The highest BCUT2D eigenvalue weighted by Gasteiger charge is 2.17. The molecule has 0 saturated heterocycles. The number of hydrogen-bond acceptors (Lipinski definition) is 3. The van der Waals surface area contributed by atoms with Gasteiger partial charge in [0.1, 0.15) is 0 Å². The average molecular weight is 213 g/mol. The minimum atomic E-state index is -2.39. The van der Waals surface area contributed by atoms with Crippen LogP contribution in [0.1, 0.15) is 19.5 Å². The molecule has 0 fully saturated rings. The van der Waals surface area contributed by atoms with Gasteiger partial charge < -0.3 is 4.52 Å². The van der Waals surface area contributed by atoms with Crippen LogP contribution in [0.3, 0.4) is 0 Å². The first-order valence-corrected chi connectivity index (χ1v) is 6.82. The first-order valence-electron chi connectivity index (χ1n) is 4.82. The Morgan fingerprint density at radius 2 is 2.07 bits per heavy atom. The Kier molecular flexibility index (Phi) is 4.30. The summed E-state index contributed by atoms with van der Waals surface area (Å²) in [6, 6.07) is 5.62. The Morgan fingerprint density at radius 1 is 1.36 bits per heavy atom. The predicted octanol–water partition coefficient (Wildman–Crippen LogP) is 2.92. The molecule has 4 heteroatoms. The van der Waals surface area contributed by atoms with Crippen LogP contribution >= 0.6 is 7.37 Å². The zero-order valence-corrected chi connectivity index (χ0v) is 9.54. The zero-order chi connectivity index (χ0) is 10.4. The molecule has 3 nitrogen and oxygen atoms in total. The molecule has 1 aromatic rings. The highest BCUT2D eigenvalue weighted by atomic mass is 31.2. The smallest absolute Gasteiger partial charge is 0.202 e. The summed E-state index contributed by atoms with van der Waals surface area (Å²) < 4.78 is 17.3. The van der Waals surface area contributed by atoms with Crippen molar-refractivity contribution < 1.29 is 9.09 Å². The number of hydrogen-bond donors (Lipinski definition) is 0. The number of pyridine rings is 1. The highest BCUT2D eigenvalue weighted by molar-refractivity contribution is 7.58. The Morgan fingerprint density at radius 3 is 2.57 bits per heavy atom. The second-order valence-corrected chi connectivity index (χ2v) is 6.19. The van der Waals surface area contributed by atoms with Gasteiger partial charge in [0.2, 0.25) is 7.37 Å². The molecule has 0 saturated carbocycles. The van der Waals surface area contributed by atoms with Gasteiger partial charge in [0, 0.05) is 18.5 Å². The van der Waals surface area contributed by atoms with Crippen LogP contribution in [0, 0.1) is 0 Å². The lowest BCUT2D eigenvalue weighted by molar-refractivity contribution is 0.299. The van der Waals surface area contributed by atoms with Crippen molar-refractivity contribution in [2.45, 2.75) is 20.5 Å². The average Bonchev–Trinajstić information content (AvgIpc) is 2.27. The van der Waals surface area contributed by atoms with Crippen molar-refractivity contribution in [2.75, 3.05) is 12.3 Å². The SMILES string of the molecule is CCP(=O)(CC)OCc1ccccn1. The van der Waals surface area contributed by atoms with E-state index >= 15 is 0 Å². The normalized spacial score (nSPS) is 11.6. The predicted molar refractivity (Wildman–Crippen MR) is 57.7 cm³/mol. The molecule has 1 aromatic heterocycles. The maximum atomic E-state index is 11.9. The first kappa shape index (κ1) is 11.4. The van der Waals surface area contributed by atoms with Crippen molar-refractivity contribution in [3.8, 4) is 0 Å². The number of rotatable bonds is 5. The lowest BCUT2D eigenvalue weighted by Crippen LogP contribution is -1.97. The van der Waals surface area contributed by atoms with E-state index in [1.807, 2.05) is 32.0 Å². The van der Waals surface area contributed by atoms with Crippen LogP contribution in [0.2, 0.25) is 0 Å². The van der Waals surface area contributed by atoms with Gasteiger partial charge in [-0.15, -0.1) is 0 Å². The Labute approximate surface area is 85.0 Å². The molecule has 1 heterocycles. The fraction of sp³-hybridized carbons (Fsp3) is 0.500. The molecule has 0 aliphatic rings. The Hall–Kier alpha value is -0.660. The third kappa shape index (κ3) is 3.24. The van der Waals surface area contributed by atoms with Gasteiger partial charge in [0.25, 0.3) is 0 Å². The third-order valence-electron chi connectivity index (χ3n) is 2.14. The third-order valence-corrected chi connectivity index (χ3v) is 4.66. The largest absolute Gasteiger partial charge is 0.322 e. The summed E-state index contributed by atoms with van der Waals surface area (Å²) in [5.74, 6) is 0. The topological polar surface area (TPSA) is 39.2 Å². The van der Waals surface area contributed by atoms with E-state index in [2.05, 4.69) is 4.98 Å². The van der Waals surface area contributed by atoms with Crippen LogP contribution in [0.4, 0.5) is 0 Å². The second kappa shape index (κ2) is 5.28. The van der Waals surface area contributed by atoms with Crippen LogP contribution in [0.25, 0.3) is 0 Å². The van der Waals surface area contributed by atoms with Gasteiger partial charge in [-0.3, -0.25) is 9.55 Å². The fourth-order valence-corrected chi connectivity index (χ4v) is 2.25. The van der Waals surface area contributed by atoms with Crippen LogP contribution in [0.15, 0.2) is 24.4 Å². The molecule has 1 rings (SSSR count). The van der Waals surface area contributed by atoms with Gasteiger partial charge in [0.05, 0.1) is 12.3 Å². The van der Waals surface area contributed by atoms with Crippen molar-refractivity contribution in [1.82, 2.24) is 4.98 Å². The molecular formula is C10H16NO2P. The van der Waals surface area contributed by atoms with E-state index in [0.29, 0.717) is 18.9 Å². The van der Waals surface area contributed by atoms with Crippen molar-refractivity contribution in [2.24, 2.45) is 0 Å². The van der Waals surface area contributed by atoms with E-state index in [1.54, 1.807) is 6.20 Å². The van der Waals surface area contributed by atoms with Crippen LogP contribution < -0.4 is 0 Å². The van der Waals surface area contributed by atoms with Gasteiger partial charge in [0.15, 0.2) is 0 Å². The summed E-state index contributed by atoms with van der Waals surface area (Å²) in [7, 11) is -2.39. The Bertz CT molecular complexity index is 305. The lowest BCUT2D eigenvalue weighted by Gasteiger charge is -2.14. The van der Waals surface area contributed by atoms with Crippen molar-refractivity contribution in [3.05, 3.63) is 30.1 Å². The molecule has 0 bridgehead atoms. The number of nitrogens with zero attached hydrogens (tertiary/aromatic N) is 1. The van der Waals surface area contributed by atoms with Gasteiger partial charge in [-0.05, 0) is 12.1 Å². The summed E-state index contributed by atoms with van der Waals surface area (Å²) in [6.07, 6.45) is 2.90. The maximum absolute atomic E-state index is 11.9. The molecule has 0 unspecified atom stereocenters. The summed E-state index contributed by atoms with van der Waals surface area (Å²) in [6.45, 7) is 4.13. The van der Waals surface area contributed by atoms with E-state index in [0.717, 1.165) is 5.69 Å². The van der Waals surface area contributed by atoms with Crippen LogP contribution in [-0.2, 0) is 15.7 Å². The summed E-state index contributed by atoms with van der Waals surface area (Å²) in [5, 5.41) is 0. The van der Waals surface area contributed by atoms with E-state index in [9.17, 15) is 4.57 Å². The standard InChI is InChI=1S/C10H16NO2P/c1-3-14(12,4-2)13-9-10-7-5-6-8-11-10/h5-8H,3-4,9H2,1-2H3. The van der Waals surface area contributed by atoms with Crippen molar-refractivity contribution >= 4 is 7.37 Å². The Balaban J connectivity index is 2.52. The van der Waals surface area contributed by atoms with E-state index in [-0.39, 0.29) is 0 Å². The monoisotopic (exact) mass is 213 g/mol. The molecule has 14 heavy (non-hydrogen) atoms. The second-order valence-electron chi connectivity index (χ2n) is 3.04. The van der Waals surface area contributed by atoms with E-state index < -0.39 is 7.37 Å². The van der Waals surface area contributed by atoms with Crippen molar-refractivity contribution in [1.29, 1.82) is 0 Å². The van der Waals surface area contributed by atoms with Crippen LogP contribution in [-0.4, -0.2) is 17.3 Å². The zero-order valence-electron chi connectivity index (χ0n) is 8.64.